The van der Waals surface area contributed by atoms with Crippen molar-refractivity contribution < 1.29 is 27.5 Å². The number of rotatable bonds is 6. The lowest BCUT2D eigenvalue weighted by Crippen LogP contribution is -2.43. The minimum absolute atomic E-state index is 0.0426. The Morgan fingerprint density at radius 2 is 1.86 bits per heavy atom. The van der Waals surface area contributed by atoms with Crippen LogP contribution in [0.3, 0.4) is 0 Å². The van der Waals surface area contributed by atoms with Gasteiger partial charge in [0.1, 0.15) is 11.3 Å². The Morgan fingerprint density at radius 3 is 2.43 bits per heavy atom. The van der Waals surface area contributed by atoms with Crippen molar-refractivity contribution in [2.45, 2.75) is 19.4 Å². The summed E-state index contributed by atoms with van der Waals surface area (Å²) in [4.78, 5) is 26.5. The molecule has 7 nitrogen and oxygen atoms in total. The van der Waals surface area contributed by atoms with Crippen LogP contribution < -0.4 is 4.74 Å². The van der Waals surface area contributed by atoms with E-state index in [2.05, 4.69) is 0 Å². The zero-order valence-corrected chi connectivity index (χ0v) is 16.7. The van der Waals surface area contributed by atoms with Crippen molar-refractivity contribution in [1.82, 2.24) is 4.90 Å². The van der Waals surface area contributed by atoms with E-state index in [0.29, 0.717) is 18.7 Å². The lowest BCUT2D eigenvalue weighted by atomic mass is 10.1. The van der Waals surface area contributed by atoms with Gasteiger partial charge in [-0.1, -0.05) is 24.3 Å². The Labute approximate surface area is 164 Å². The van der Waals surface area contributed by atoms with Crippen molar-refractivity contribution in [3.8, 4) is 5.75 Å². The maximum absolute atomic E-state index is 12.5. The molecule has 150 valence electrons. The van der Waals surface area contributed by atoms with Crippen molar-refractivity contribution in [1.29, 1.82) is 0 Å². The molecule has 0 unspecified atom stereocenters. The van der Waals surface area contributed by atoms with Gasteiger partial charge in [-0.15, -0.1) is 0 Å². The first-order valence-electron chi connectivity index (χ1n) is 9.08. The average Bonchev–Trinajstić information content (AvgIpc) is 3.04. The highest BCUT2D eigenvalue weighted by atomic mass is 32.2. The summed E-state index contributed by atoms with van der Waals surface area (Å²) in [5.74, 6) is -0.664. The van der Waals surface area contributed by atoms with Gasteiger partial charge in [0.05, 0.1) is 18.6 Å². The monoisotopic (exact) mass is 405 g/mol. The van der Waals surface area contributed by atoms with Gasteiger partial charge in [0.25, 0.3) is 5.91 Å². The van der Waals surface area contributed by atoms with Gasteiger partial charge < -0.3 is 14.4 Å². The molecule has 1 saturated heterocycles. The molecule has 0 N–H and O–H groups in total. The number of likely N-dealkylation sites (N-methyl/N-ethyl adjacent to an activating group) is 1. The van der Waals surface area contributed by atoms with E-state index in [9.17, 15) is 18.0 Å². The molecule has 0 saturated carbocycles. The summed E-state index contributed by atoms with van der Waals surface area (Å²) in [6, 6.07) is 10.6. The maximum Gasteiger partial charge on any atom is 0.342 e. The fourth-order valence-corrected chi connectivity index (χ4v) is 5.23. The summed E-state index contributed by atoms with van der Waals surface area (Å²) in [6.45, 7) is 1.69. The second kappa shape index (κ2) is 8.18. The molecule has 1 atom stereocenters. The fraction of sp³-hybridized carbons (Fsp3) is 0.400. The zero-order chi connectivity index (χ0) is 20.3. The molecule has 0 aliphatic carbocycles. The summed E-state index contributed by atoms with van der Waals surface area (Å²) in [5, 5.41) is 1.78. The van der Waals surface area contributed by atoms with Crippen LogP contribution >= 0.6 is 0 Å². The molecule has 28 heavy (non-hydrogen) atoms. The molecular formula is C20H23NO6S. The van der Waals surface area contributed by atoms with Crippen molar-refractivity contribution in [2.24, 2.45) is 0 Å². The van der Waals surface area contributed by atoms with Crippen LogP contribution in [0.25, 0.3) is 10.8 Å². The van der Waals surface area contributed by atoms with Crippen LogP contribution in [0, 0.1) is 0 Å². The number of nitrogens with zero attached hydrogens (tertiary/aromatic N) is 1. The lowest BCUT2D eigenvalue weighted by molar-refractivity contribution is -0.136. The topological polar surface area (TPSA) is 90.0 Å². The van der Waals surface area contributed by atoms with Gasteiger partial charge in [-0.05, 0) is 36.2 Å². The fourth-order valence-electron chi connectivity index (χ4n) is 3.50. The molecule has 0 aromatic heterocycles. The number of carbonyl (C=O) groups is 2. The van der Waals surface area contributed by atoms with Crippen LogP contribution in [0.1, 0.15) is 23.7 Å². The number of carbonyl (C=O) groups excluding carboxylic acids is 2. The molecular weight excluding hydrogens is 382 g/mol. The highest BCUT2D eigenvalue weighted by Gasteiger charge is 2.34. The van der Waals surface area contributed by atoms with Crippen LogP contribution in [0.15, 0.2) is 36.4 Å². The third-order valence-electron chi connectivity index (χ3n) is 4.92. The molecule has 1 fully saturated rings. The van der Waals surface area contributed by atoms with Crippen molar-refractivity contribution in [3.05, 3.63) is 42.0 Å². The van der Waals surface area contributed by atoms with Gasteiger partial charge >= 0.3 is 5.97 Å². The Kier molecular flexibility index (Phi) is 5.88. The number of hydrogen-bond donors (Lipinski definition) is 0. The number of methoxy groups -OCH3 is 1. The van der Waals surface area contributed by atoms with Crippen LogP contribution in [0.4, 0.5) is 0 Å². The minimum Gasteiger partial charge on any atom is -0.496 e. The van der Waals surface area contributed by atoms with E-state index in [1.165, 1.54) is 12.0 Å². The van der Waals surface area contributed by atoms with Gasteiger partial charge in [0.2, 0.25) is 0 Å². The predicted octanol–water partition coefficient (Wildman–Crippen LogP) is 2.04. The quantitative estimate of drug-likeness (QED) is 0.683. The molecule has 0 radical (unpaired) electrons. The molecule has 0 bridgehead atoms. The third-order valence-corrected chi connectivity index (χ3v) is 6.68. The van der Waals surface area contributed by atoms with Gasteiger partial charge in [-0.25, -0.2) is 13.2 Å². The summed E-state index contributed by atoms with van der Waals surface area (Å²) in [5.41, 5.74) is 0.237. The molecule has 8 heteroatoms. The highest BCUT2D eigenvalue weighted by molar-refractivity contribution is 7.91. The van der Waals surface area contributed by atoms with Crippen LogP contribution in [0.2, 0.25) is 0 Å². The van der Waals surface area contributed by atoms with Crippen LogP contribution in [-0.4, -0.2) is 63.0 Å². The second-order valence-electron chi connectivity index (χ2n) is 6.71. The van der Waals surface area contributed by atoms with Gasteiger partial charge in [-0.3, -0.25) is 4.79 Å². The third kappa shape index (κ3) is 4.27. The van der Waals surface area contributed by atoms with Crippen molar-refractivity contribution in [3.63, 3.8) is 0 Å². The SMILES string of the molecule is CCN(C(=O)COC(=O)c1cc2ccccc2cc1OC)[C@@H]1CCS(=O)(=O)C1. The first kappa shape index (κ1) is 20.1. The maximum atomic E-state index is 12.5. The zero-order valence-electron chi connectivity index (χ0n) is 15.9. The smallest absolute Gasteiger partial charge is 0.342 e. The molecule has 1 amide bonds. The number of esters is 1. The summed E-state index contributed by atoms with van der Waals surface area (Å²) >= 11 is 0. The minimum atomic E-state index is -3.11. The van der Waals surface area contributed by atoms with Gasteiger partial charge in [0, 0.05) is 12.6 Å². The largest absolute Gasteiger partial charge is 0.496 e. The summed E-state index contributed by atoms with van der Waals surface area (Å²) in [7, 11) is -1.64. The summed E-state index contributed by atoms with van der Waals surface area (Å²) in [6.07, 6.45) is 0.411. The molecule has 1 aliphatic rings. The number of sulfone groups is 1. The van der Waals surface area contributed by atoms with E-state index in [1.807, 2.05) is 24.3 Å². The van der Waals surface area contributed by atoms with Gasteiger partial charge in [0.15, 0.2) is 16.4 Å². The second-order valence-corrected chi connectivity index (χ2v) is 8.94. The lowest BCUT2D eigenvalue weighted by Gasteiger charge is -2.26. The highest BCUT2D eigenvalue weighted by Crippen LogP contribution is 2.26. The normalized spacial score (nSPS) is 18.0. The number of amides is 1. The van der Waals surface area contributed by atoms with E-state index >= 15 is 0 Å². The number of benzene rings is 2. The molecule has 3 rings (SSSR count). The van der Waals surface area contributed by atoms with Crippen LogP contribution in [-0.2, 0) is 19.4 Å². The van der Waals surface area contributed by atoms with Crippen LogP contribution in [0.5, 0.6) is 5.75 Å². The number of ether oxygens (including phenoxy) is 2. The Morgan fingerprint density at radius 1 is 1.18 bits per heavy atom. The van der Waals surface area contributed by atoms with Crippen molar-refractivity contribution in [2.75, 3.05) is 31.8 Å². The molecule has 2 aromatic rings. The van der Waals surface area contributed by atoms with E-state index < -0.39 is 28.3 Å². The summed E-state index contributed by atoms with van der Waals surface area (Å²) < 4.78 is 33.9. The van der Waals surface area contributed by atoms with E-state index in [1.54, 1.807) is 19.1 Å². The Bertz CT molecular complexity index is 1000. The average molecular weight is 405 g/mol. The Hall–Kier alpha value is -2.61. The number of fused-ring (bicyclic) bond motifs is 1. The Balaban J connectivity index is 1.71. The van der Waals surface area contributed by atoms with E-state index in [4.69, 9.17) is 9.47 Å². The van der Waals surface area contributed by atoms with E-state index in [0.717, 1.165) is 10.8 Å². The molecule has 2 aromatic carbocycles. The number of hydrogen-bond acceptors (Lipinski definition) is 6. The standard InChI is InChI=1S/C20H23NO6S/c1-3-21(16-8-9-28(24,25)13-16)19(22)12-27-20(23)17-10-14-6-4-5-7-15(14)11-18(17)26-2/h4-7,10-11,16H,3,8-9,12-13H2,1-2H3/t16-/m1/s1. The molecule has 0 spiro atoms. The first-order chi connectivity index (χ1) is 13.3. The van der Waals surface area contributed by atoms with Crippen molar-refractivity contribution >= 4 is 32.5 Å². The predicted molar refractivity (Wildman–Crippen MR) is 105 cm³/mol. The molecule has 1 heterocycles. The van der Waals surface area contributed by atoms with E-state index in [-0.39, 0.29) is 23.1 Å². The van der Waals surface area contributed by atoms with Gasteiger partial charge in [-0.2, -0.15) is 0 Å². The molecule has 1 aliphatic heterocycles. The first-order valence-corrected chi connectivity index (χ1v) is 10.9.